The Kier molecular flexibility index (Phi) is 9.01. The van der Waals surface area contributed by atoms with Crippen LogP contribution in [-0.2, 0) is 4.79 Å². The topological polar surface area (TPSA) is 105 Å². The highest BCUT2D eigenvalue weighted by Crippen LogP contribution is 2.37. The van der Waals surface area contributed by atoms with Gasteiger partial charge in [-0.2, -0.15) is 13.2 Å². The van der Waals surface area contributed by atoms with Crippen molar-refractivity contribution in [2.45, 2.75) is 31.5 Å². The lowest BCUT2D eigenvalue weighted by molar-refractivity contribution is -0.168. The molecular weight excluding hydrogens is 618 g/mol. The van der Waals surface area contributed by atoms with Crippen molar-refractivity contribution < 1.29 is 31.8 Å². The average molecular weight is 652 g/mol. The summed E-state index contributed by atoms with van der Waals surface area (Å²) < 4.78 is 66.2. The second-order valence-corrected chi connectivity index (χ2v) is 11.4. The molecule has 1 amide bonds. The number of alkyl halides is 3. The van der Waals surface area contributed by atoms with Gasteiger partial charge in [0.2, 0.25) is 5.91 Å². The summed E-state index contributed by atoms with van der Waals surface area (Å²) in [6, 6.07) is 11.1. The molecule has 2 fully saturated rings. The quantitative estimate of drug-likeness (QED) is 0.151. The third kappa shape index (κ3) is 7.16. The molecule has 0 bridgehead atoms. The molecule has 2 N–H and O–H groups in total. The highest BCUT2D eigenvalue weighted by Gasteiger charge is 2.43. The van der Waals surface area contributed by atoms with Gasteiger partial charge in [0.15, 0.2) is 0 Å². The van der Waals surface area contributed by atoms with Crippen LogP contribution < -0.4 is 25.0 Å². The second kappa shape index (κ2) is 13.3. The van der Waals surface area contributed by atoms with Gasteiger partial charge in [-0.1, -0.05) is 6.58 Å². The Bertz CT molecular complexity index is 1780. The summed E-state index contributed by atoms with van der Waals surface area (Å²) in [5.41, 5.74) is 1.45. The minimum atomic E-state index is -4.26. The van der Waals surface area contributed by atoms with Crippen LogP contribution in [0.1, 0.15) is 19.3 Å². The Morgan fingerprint density at radius 3 is 2.49 bits per heavy atom. The molecule has 0 aliphatic carbocycles. The van der Waals surface area contributed by atoms with Crippen molar-refractivity contribution in [2.75, 3.05) is 48.8 Å². The number of aromatic nitrogens is 3. The Hall–Kier alpha value is -5.14. The number of fused-ring (bicyclic) bond motifs is 1. The van der Waals surface area contributed by atoms with Crippen molar-refractivity contribution in [3.8, 4) is 17.2 Å². The number of halogens is 4. The van der Waals surface area contributed by atoms with Gasteiger partial charge in [-0.05, 0) is 49.6 Å². The van der Waals surface area contributed by atoms with E-state index in [2.05, 4.69) is 32.2 Å². The number of carbonyl (C=O) groups excluding carboxylic acids is 1. The first-order valence-corrected chi connectivity index (χ1v) is 15.1. The fraction of sp³-hybridized carbons (Fsp3) is 0.333. The number of amides is 1. The fourth-order valence-corrected chi connectivity index (χ4v) is 5.85. The molecule has 2 aliphatic rings. The number of rotatable bonds is 9. The van der Waals surface area contributed by atoms with Crippen LogP contribution in [0.3, 0.4) is 0 Å². The zero-order valence-corrected chi connectivity index (χ0v) is 25.6. The third-order valence-corrected chi connectivity index (χ3v) is 8.42. The smallest absolute Gasteiger partial charge is 0.393 e. The normalized spacial score (nSPS) is 17.1. The lowest BCUT2D eigenvalue weighted by atomic mass is 10.0. The molecule has 246 valence electrons. The van der Waals surface area contributed by atoms with E-state index in [1.807, 2.05) is 6.07 Å². The molecule has 2 aromatic heterocycles. The number of anilines is 4. The maximum Gasteiger partial charge on any atom is 0.393 e. The van der Waals surface area contributed by atoms with Crippen LogP contribution in [0.5, 0.6) is 17.2 Å². The van der Waals surface area contributed by atoms with E-state index >= 15 is 4.39 Å². The molecular formula is C33H33F4N7O3. The molecule has 0 spiro atoms. The number of methoxy groups -OCH3 is 1. The Balaban J connectivity index is 1.16. The van der Waals surface area contributed by atoms with E-state index in [-0.39, 0.29) is 42.9 Å². The summed E-state index contributed by atoms with van der Waals surface area (Å²) in [5, 5.41) is 7.20. The van der Waals surface area contributed by atoms with Gasteiger partial charge in [0.05, 0.1) is 29.9 Å². The standard InChI is InChI=1S/C33H33F4N7O3/c1-3-31(45)43-12-8-21(9-13-43)41-28-16-24-27(17-29(28)46-2)39-19-40-32(24)42-26-5-4-22(14-25(26)34)47-23-6-10-38-30(15-23)44-11-7-20(18-44)33(35,36)37/h3-6,10,14-17,19-21,41H,1,7-9,11-13,18H2,2H3,(H,39,40,42)/t20-/m1/s1. The van der Waals surface area contributed by atoms with Crippen LogP contribution in [0.15, 0.2) is 67.6 Å². The molecule has 47 heavy (non-hydrogen) atoms. The van der Waals surface area contributed by atoms with Crippen LogP contribution in [0, 0.1) is 11.7 Å². The van der Waals surface area contributed by atoms with E-state index in [4.69, 9.17) is 9.47 Å². The van der Waals surface area contributed by atoms with E-state index in [1.165, 1.54) is 30.7 Å². The molecule has 1 atom stereocenters. The number of piperidine rings is 1. The number of likely N-dealkylation sites (tertiary alicyclic amines) is 1. The zero-order valence-electron chi connectivity index (χ0n) is 25.6. The largest absolute Gasteiger partial charge is 0.495 e. The summed E-state index contributed by atoms with van der Waals surface area (Å²) >= 11 is 0. The molecule has 4 aromatic rings. The van der Waals surface area contributed by atoms with Crippen LogP contribution in [-0.4, -0.2) is 71.3 Å². The summed E-state index contributed by atoms with van der Waals surface area (Å²) in [6.45, 7) is 4.84. The van der Waals surface area contributed by atoms with Crippen molar-refractivity contribution >= 4 is 39.8 Å². The third-order valence-electron chi connectivity index (χ3n) is 8.42. The number of ether oxygens (including phenoxy) is 2. The molecule has 2 aromatic carbocycles. The van der Waals surface area contributed by atoms with E-state index < -0.39 is 17.9 Å². The van der Waals surface area contributed by atoms with Crippen molar-refractivity contribution in [1.29, 1.82) is 0 Å². The molecule has 2 aliphatic heterocycles. The first-order valence-electron chi connectivity index (χ1n) is 15.1. The molecule has 0 unspecified atom stereocenters. The number of hydrogen-bond acceptors (Lipinski definition) is 9. The number of benzene rings is 2. The van der Waals surface area contributed by atoms with Crippen molar-refractivity contribution in [3.63, 3.8) is 0 Å². The fourth-order valence-electron chi connectivity index (χ4n) is 5.85. The number of nitrogens with zero attached hydrogens (tertiary/aromatic N) is 5. The monoisotopic (exact) mass is 651 g/mol. The number of nitrogens with one attached hydrogen (secondary N) is 2. The van der Waals surface area contributed by atoms with Gasteiger partial charge in [-0.25, -0.2) is 19.3 Å². The minimum Gasteiger partial charge on any atom is -0.495 e. The number of pyridine rings is 1. The molecule has 10 nitrogen and oxygen atoms in total. The zero-order chi connectivity index (χ0) is 33.1. The van der Waals surface area contributed by atoms with Gasteiger partial charge in [0.1, 0.15) is 41.0 Å². The van der Waals surface area contributed by atoms with E-state index in [1.54, 1.807) is 41.2 Å². The minimum absolute atomic E-state index is 0.00188. The first kappa shape index (κ1) is 31.8. The van der Waals surface area contributed by atoms with Crippen LogP contribution in [0.4, 0.5) is 40.6 Å². The van der Waals surface area contributed by atoms with Gasteiger partial charge in [0.25, 0.3) is 0 Å². The van der Waals surface area contributed by atoms with Crippen LogP contribution >= 0.6 is 0 Å². The van der Waals surface area contributed by atoms with Gasteiger partial charge in [-0.3, -0.25) is 4.79 Å². The average Bonchev–Trinajstić information content (AvgIpc) is 3.58. The van der Waals surface area contributed by atoms with Crippen molar-refractivity contribution in [3.05, 3.63) is 73.5 Å². The van der Waals surface area contributed by atoms with E-state index in [0.29, 0.717) is 47.1 Å². The molecule has 0 saturated carbocycles. The predicted octanol–water partition coefficient (Wildman–Crippen LogP) is 6.69. The molecule has 2 saturated heterocycles. The van der Waals surface area contributed by atoms with Crippen molar-refractivity contribution in [1.82, 2.24) is 19.9 Å². The van der Waals surface area contributed by atoms with Gasteiger partial charge < -0.3 is 29.9 Å². The summed E-state index contributed by atoms with van der Waals surface area (Å²) in [5.74, 6) is -0.250. The maximum absolute atomic E-state index is 15.4. The van der Waals surface area contributed by atoms with E-state index in [0.717, 1.165) is 18.5 Å². The summed E-state index contributed by atoms with van der Waals surface area (Å²) in [7, 11) is 1.57. The number of carbonyl (C=O) groups is 1. The highest BCUT2D eigenvalue weighted by molar-refractivity contribution is 5.95. The van der Waals surface area contributed by atoms with Crippen molar-refractivity contribution in [2.24, 2.45) is 5.92 Å². The van der Waals surface area contributed by atoms with Gasteiger partial charge in [0, 0.05) is 62.0 Å². The molecule has 14 heteroatoms. The highest BCUT2D eigenvalue weighted by atomic mass is 19.4. The molecule has 6 rings (SSSR count). The Morgan fingerprint density at radius 1 is 1.00 bits per heavy atom. The molecule has 4 heterocycles. The Labute approximate surface area is 268 Å². The Morgan fingerprint density at radius 2 is 1.79 bits per heavy atom. The van der Waals surface area contributed by atoms with Gasteiger partial charge >= 0.3 is 6.18 Å². The SMILES string of the molecule is C=CC(=O)N1CCC(Nc2cc3c(Nc4ccc(Oc5ccnc(N6CC[C@@H](C(F)(F)F)C6)c5)cc4F)ncnc3cc2OC)CC1. The van der Waals surface area contributed by atoms with Crippen LogP contribution in [0.25, 0.3) is 10.9 Å². The first-order chi connectivity index (χ1) is 22.6. The predicted molar refractivity (Wildman–Crippen MR) is 170 cm³/mol. The second-order valence-electron chi connectivity index (χ2n) is 11.4. The number of hydrogen-bond donors (Lipinski definition) is 2. The lowest BCUT2D eigenvalue weighted by Gasteiger charge is -2.32. The summed E-state index contributed by atoms with van der Waals surface area (Å²) in [4.78, 5) is 28.2. The van der Waals surface area contributed by atoms with Crippen LogP contribution in [0.2, 0.25) is 0 Å². The molecule has 0 radical (unpaired) electrons. The lowest BCUT2D eigenvalue weighted by Crippen LogP contribution is -2.41. The van der Waals surface area contributed by atoms with Gasteiger partial charge in [-0.15, -0.1) is 0 Å². The summed E-state index contributed by atoms with van der Waals surface area (Å²) in [6.07, 6.45) is 1.38. The maximum atomic E-state index is 15.4. The van der Waals surface area contributed by atoms with E-state index in [9.17, 15) is 18.0 Å².